The van der Waals surface area contributed by atoms with Crippen LogP contribution in [0.5, 0.6) is 0 Å². The van der Waals surface area contributed by atoms with E-state index in [2.05, 4.69) is 31.9 Å². The number of hydrogen-bond acceptors (Lipinski definition) is 14. The molecule has 2 atom stereocenters. The van der Waals surface area contributed by atoms with Crippen molar-refractivity contribution in [2.24, 2.45) is 11.5 Å². The Morgan fingerprint density at radius 2 is 0.650 bits per heavy atom. The van der Waals surface area contributed by atoms with Gasteiger partial charge in [0.1, 0.15) is 0 Å². The first kappa shape index (κ1) is 53.4. The van der Waals surface area contributed by atoms with Gasteiger partial charge in [-0.3, -0.25) is 28.8 Å². The second-order valence-electron chi connectivity index (χ2n) is 13.2. The molecule has 0 radical (unpaired) electrons. The second-order valence-corrected chi connectivity index (χ2v) is 21.3. The SMILES string of the molecule is N[C@@H](Cc1ccccc1)C(=O)NCCSSCCNC(=O)CCCC(=O)NCCSSCCNC(=O)CCCC(=O)NCCSSCCNC(=O)[C@@H](N)Cc1ccccc1. The molecule has 0 aliphatic rings. The average Bonchev–Trinajstić information content (AvgIpc) is 3.24. The second kappa shape index (κ2) is 35.8. The molecule has 0 spiro atoms. The highest BCUT2D eigenvalue weighted by molar-refractivity contribution is 8.77. The normalized spacial score (nSPS) is 11.8. The summed E-state index contributed by atoms with van der Waals surface area (Å²) in [5.41, 5.74) is 14.1. The fourth-order valence-electron chi connectivity index (χ4n) is 5.07. The van der Waals surface area contributed by atoms with Crippen LogP contribution in [0.25, 0.3) is 0 Å². The first-order valence-corrected chi connectivity index (χ1v) is 27.5. The van der Waals surface area contributed by atoms with E-state index in [4.69, 9.17) is 11.5 Å². The van der Waals surface area contributed by atoms with Gasteiger partial charge in [0.15, 0.2) is 0 Å². The summed E-state index contributed by atoms with van der Waals surface area (Å²) in [7, 11) is 9.73. The lowest BCUT2D eigenvalue weighted by Gasteiger charge is -2.12. The Morgan fingerprint density at radius 3 is 0.917 bits per heavy atom. The molecular weight excluding hydrogens is 881 g/mol. The first-order valence-electron chi connectivity index (χ1n) is 20.1. The van der Waals surface area contributed by atoms with Gasteiger partial charge in [-0.15, -0.1) is 0 Å². The zero-order valence-electron chi connectivity index (χ0n) is 34.1. The highest BCUT2D eigenvalue weighted by Gasteiger charge is 2.14. The predicted molar refractivity (Wildman–Crippen MR) is 257 cm³/mol. The van der Waals surface area contributed by atoms with Crippen LogP contribution in [-0.2, 0) is 41.6 Å². The van der Waals surface area contributed by atoms with Gasteiger partial charge in [-0.2, -0.15) is 0 Å². The van der Waals surface area contributed by atoms with Crippen molar-refractivity contribution in [3.05, 3.63) is 71.8 Å². The van der Waals surface area contributed by atoms with Gasteiger partial charge in [-0.05, 0) is 36.8 Å². The number of benzene rings is 2. The Labute approximate surface area is 379 Å². The Bertz CT molecular complexity index is 1410. The monoisotopic (exact) mass is 942 g/mol. The molecule has 20 heteroatoms. The molecule has 0 aliphatic heterocycles. The lowest BCUT2D eigenvalue weighted by atomic mass is 10.1. The summed E-state index contributed by atoms with van der Waals surface area (Å²) in [5, 5.41) is 17.2. The topological polar surface area (TPSA) is 227 Å². The van der Waals surface area contributed by atoms with Crippen molar-refractivity contribution in [3.63, 3.8) is 0 Å². The molecule has 0 saturated heterocycles. The third-order valence-electron chi connectivity index (χ3n) is 8.14. The van der Waals surface area contributed by atoms with Crippen molar-refractivity contribution in [1.29, 1.82) is 0 Å². The Morgan fingerprint density at radius 1 is 0.400 bits per heavy atom. The minimum absolute atomic E-state index is 0.0765. The van der Waals surface area contributed by atoms with E-state index < -0.39 is 12.1 Å². The van der Waals surface area contributed by atoms with Gasteiger partial charge in [0, 0.05) is 99.5 Å². The van der Waals surface area contributed by atoms with E-state index in [1.54, 1.807) is 64.8 Å². The first-order chi connectivity index (χ1) is 29.1. The molecular formula is C40H62N8O6S6. The largest absolute Gasteiger partial charge is 0.355 e. The van der Waals surface area contributed by atoms with Gasteiger partial charge in [-0.1, -0.05) is 125 Å². The van der Waals surface area contributed by atoms with Gasteiger partial charge < -0.3 is 43.4 Å². The summed E-state index contributed by atoms with van der Waals surface area (Å²) in [6.07, 6.45) is 3.13. The van der Waals surface area contributed by atoms with Gasteiger partial charge in [0.25, 0.3) is 0 Å². The molecule has 14 nitrogen and oxygen atoms in total. The van der Waals surface area contributed by atoms with Crippen LogP contribution in [0.2, 0.25) is 0 Å². The molecule has 10 N–H and O–H groups in total. The lowest BCUT2D eigenvalue weighted by molar-refractivity contribution is -0.124. The van der Waals surface area contributed by atoms with Gasteiger partial charge >= 0.3 is 0 Å². The third kappa shape index (κ3) is 29.5. The molecule has 334 valence electrons. The van der Waals surface area contributed by atoms with E-state index in [1.165, 1.54) is 0 Å². The number of carbonyl (C=O) groups is 6. The number of amides is 6. The van der Waals surface area contributed by atoms with Crippen LogP contribution in [0.3, 0.4) is 0 Å². The maximum absolute atomic E-state index is 12.2. The Hall–Kier alpha value is -2.72. The van der Waals surface area contributed by atoms with Gasteiger partial charge in [-0.25, -0.2) is 0 Å². The molecule has 0 heterocycles. The van der Waals surface area contributed by atoms with Crippen LogP contribution in [0.15, 0.2) is 60.7 Å². The fourth-order valence-corrected chi connectivity index (χ4v) is 10.5. The van der Waals surface area contributed by atoms with E-state index in [0.29, 0.717) is 90.6 Å². The molecule has 2 aromatic carbocycles. The highest BCUT2D eigenvalue weighted by Crippen LogP contribution is 2.21. The van der Waals surface area contributed by atoms with E-state index in [-0.39, 0.29) is 35.4 Å². The van der Waals surface area contributed by atoms with E-state index in [9.17, 15) is 28.8 Å². The molecule has 6 amide bonds. The van der Waals surface area contributed by atoms with Crippen molar-refractivity contribution in [3.8, 4) is 0 Å². The number of carbonyl (C=O) groups excluding carboxylic acids is 6. The van der Waals surface area contributed by atoms with Crippen LogP contribution >= 0.6 is 64.8 Å². The maximum atomic E-state index is 12.2. The smallest absolute Gasteiger partial charge is 0.237 e. The van der Waals surface area contributed by atoms with Crippen LogP contribution in [0, 0.1) is 0 Å². The molecule has 0 saturated carbocycles. The van der Waals surface area contributed by atoms with Crippen molar-refractivity contribution in [1.82, 2.24) is 31.9 Å². The summed E-state index contributed by atoms with van der Waals surface area (Å²) < 4.78 is 0. The van der Waals surface area contributed by atoms with Crippen LogP contribution in [-0.4, -0.2) is 121 Å². The van der Waals surface area contributed by atoms with E-state index in [0.717, 1.165) is 45.6 Å². The zero-order chi connectivity index (χ0) is 43.5. The summed E-state index contributed by atoms with van der Waals surface area (Å²) in [6, 6.07) is 18.2. The molecule has 0 bridgehead atoms. The van der Waals surface area contributed by atoms with Crippen LogP contribution in [0.1, 0.15) is 49.7 Å². The zero-order valence-corrected chi connectivity index (χ0v) is 39.0. The number of hydrogen-bond donors (Lipinski definition) is 8. The van der Waals surface area contributed by atoms with Gasteiger partial charge in [0.2, 0.25) is 35.4 Å². The molecule has 60 heavy (non-hydrogen) atoms. The van der Waals surface area contributed by atoms with Crippen LogP contribution in [0.4, 0.5) is 0 Å². The van der Waals surface area contributed by atoms with E-state index >= 15 is 0 Å². The summed E-state index contributed by atoms with van der Waals surface area (Å²) >= 11 is 0. The lowest BCUT2D eigenvalue weighted by Crippen LogP contribution is -2.42. The molecule has 0 aromatic heterocycles. The average molecular weight is 943 g/mol. The number of nitrogens with one attached hydrogen (secondary N) is 6. The minimum Gasteiger partial charge on any atom is -0.355 e. The summed E-state index contributed by atoms with van der Waals surface area (Å²) in [5.74, 6) is 3.76. The number of nitrogens with two attached hydrogens (primary N) is 2. The Balaban J connectivity index is 1.28. The van der Waals surface area contributed by atoms with Crippen LogP contribution < -0.4 is 43.4 Å². The highest BCUT2D eigenvalue weighted by atomic mass is 33.1. The molecule has 0 fully saturated rings. The molecule has 0 aliphatic carbocycles. The minimum atomic E-state index is -0.577. The number of rotatable bonds is 35. The summed E-state index contributed by atoms with van der Waals surface area (Å²) in [4.78, 5) is 72.7. The molecule has 2 aromatic rings. The van der Waals surface area contributed by atoms with Crippen molar-refractivity contribution in [2.75, 3.05) is 73.8 Å². The third-order valence-corrected chi connectivity index (χ3v) is 15.4. The fraction of sp³-hybridized carbons (Fsp3) is 0.550. The van der Waals surface area contributed by atoms with Gasteiger partial charge in [0.05, 0.1) is 12.1 Å². The maximum Gasteiger partial charge on any atom is 0.237 e. The quantitative estimate of drug-likeness (QED) is 0.0367. The predicted octanol–water partition coefficient (Wildman–Crippen LogP) is 3.31. The van der Waals surface area contributed by atoms with E-state index in [1.807, 2.05) is 60.7 Å². The Kier molecular flexibility index (Phi) is 31.9. The molecule has 2 rings (SSSR count). The van der Waals surface area contributed by atoms with Crippen molar-refractivity contribution >= 4 is 100 Å². The molecule has 0 unspecified atom stereocenters. The standard InChI is InChI=1S/C40H62N8O6S6/c41-33(29-31-9-3-1-4-10-31)39(53)47-21-27-59-57-25-19-45-37(51)15-7-13-35(49)43-17-23-55-56-24-18-44-36(50)14-8-16-38(52)46-20-26-58-60-28-22-48-40(54)34(42)30-32-11-5-2-6-12-32/h1-6,9-12,33-34H,7-8,13-30,41-42H2,(H,43,49)(H,44,50)(H,45,51)(H,46,52)(H,47,53)(H,48,54)/t33-,34-/m0/s1. The summed E-state index contributed by atoms with van der Waals surface area (Å²) in [6.45, 7) is 3.18. The van der Waals surface area contributed by atoms with Crippen molar-refractivity contribution in [2.45, 2.75) is 63.5 Å². The van der Waals surface area contributed by atoms with Crippen molar-refractivity contribution < 1.29 is 28.8 Å².